The molecule has 1 amide bonds. The van der Waals surface area contributed by atoms with Gasteiger partial charge in [-0.2, -0.15) is 0 Å². The van der Waals surface area contributed by atoms with E-state index in [1.54, 1.807) is 0 Å². The van der Waals surface area contributed by atoms with Crippen LogP contribution in [0.15, 0.2) is 91.0 Å². The van der Waals surface area contributed by atoms with Crippen molar-refractivity contribution in [1.82, 2.24) is 15.1 Å². The second-order valence-corrected chi connectivity index (χ2v) is 8.55. The molecule has 0 aliphatic carbocycles. The number of anilines is 2. The van der Waals surface area contributed by atoms with E-state index in [0.29, 0.717) is 5.56 Å². The molecule has 1 saturated heterocycles. The van der Waals surface area contributed by atoms with Crippen LogP contribution in [0.1, 0.15) is 10.4 Å². The van der Waals surface area contributed by atoms with E-state index in [2.05, 4.69) is 44.5 Å². The smallest absolute Gasteiger partial charge is 0.255 e. The largest absolute Gasteiger partial charge is 0.353 e. The monoisotopic (exact) mass is 449 g/mol. The van der Waals surface area contributed by atoms with Crippen molar-refractivity contribution in [1.29, 1.82) is 0 Å². The molecule has 3 aromatic carbocycles. The highest BCUT2D eigenvalue weighted by Gasteiger charge is 2.16. The first-order valence-corrected chi connectivity index (χ1v) is 11.5. The number of carbonyl (C=O) groups excluding carboxylic acids is 1. The number of hydrogen-bond acceptors (Lipinski definition) is 5. The summed E-state index contributed by atoms with van der Waals surface area (Å²) in [5, 5.41) is 11.9. The fraction of sp³-hybridized carbons (Fsp3) is 0.179. The predicted octanol–water partition coefficient (Wildman–Crippen LogP) is 4.81. The molecule has 1 aliphatic heterocycles. The van der Waals surface area contributed by atoms with Crippen LogP contribution in [0.2, 0.25) is 0 Å². The van der Waals surface area contributed by atoms with Crippen molar-refractivity contribution in [2.75, 3.05) is 43.4 Å². The second-order valence-electron chi connectivity index (χ2n) is 8.55. The van der Waals surface area contributed by atoms with E-state index in [4.69, 9.17) is 0 Å². The molecule has 0 saturated carbocycles. The number of benzene rings is 3. The summed E-state index contributed by atoms with van der Waals surface area (Å²) < 4.78 is 0. The first-order chi connectivity index (χ1) is 16.7. The molecule has 5 rings (SSSR count). The molecule has 1 N–H and O–H groups in total. The van der Waals surface area contributed by atoms with E-state index in [-0.39, 0.29) is 5.91 Å². The molecule has 4 aromatic rings. The molecule has 1 fully saturated rings. The van der Waals surface area contributed by atoms with E-state index in [1.165, 1.54) is 0 Å². The quantitative estimate of drug-likeness (QED) is 0.474. The van der Waals surface area contributed by atoms with Gasteiger partial charge in [0.05, 0.1) is 5.69 Å². The summed E-state index contributed by atoms with van der Waals surface area (Å²) in [5.74, 6) is 0.758. The van der Waals surface area contributed by atoms with Crippen LogP contribution in [0.4, 0.5) is 11.5 Å². The van der Waals surface area contributed by atoms with Gasteiger partial charge in [-0.05, 0) is 54.6 Å². The number of piperazine rings is 1. The Hall–Kier alpha value is -4.03. The first kappa shape index (κ1) is 21.8. The average Bonchev–Trinajstić information content (AvgIpc) is 2.90. The Morgan fingerprint density at radius 2 is 1.44 bits per heavy atom. The number of rotatable bonds is 5. The van der Waals surface area contributed by atoms with Gasteiger partial charge in [0.1, 0.15) is 0 Å². The summed E-state index contributed by atoms with van der Waals surface area (Å²) in [5.41, 5.74) is 5.23. The van der Waals surface area contributed by atoms with Gasteiger partial charge in [0.25, 0.3) is 5.91 Å². The third-order valence-electron chi connectivity index (χ3n) is 6.15. The highest BCUT2D eigenvalue weighted by atomic mass is 16.1. The number of nitrogens with zero attached hydrogens (tertiary/aromatic N) is 4. The fourth-order valence-corrected chi connectivity index (χ4v) is 4.09. The van der Waals surface area contributed by atoms with Crippen molar-refractivity contribution < 1.29 is 4.79 Å². The van der Waals surface area contributed by atoms with Crippen LogP contribution in [0, 0.1) is 0 Å². The maximum atomic E-state index is 12.8. The molecule has 1 aromatic heterocycles. The van der Waals surface area contributed by atoms with Gasteiger partial charge in [0.15, 0.2) is 5.82 Å². The molecular formula is C28H27N5O. The molecule has 34 heavy (non-hydrogen) atoms. The maximum absolute atomic E-state index is 12.8. The number of likely N-dealkylation sites (N-methyl/N-ethyl adjacent to an activating group) is 1. The zero-order chi connectivity index (χ0) is 23.3. The molecule has 0 spiro atoms. The third-order valence-corrected chi connectivity index (χ3v) is 6.15. The summed E-state index contributed by atoms with van der Waals surface area (Å²) in [7, 11) is 2.14. The number of hydrogen-bond donors (Lipinski definition) is 1. The van der Waals surface area contributed by atoms with Gasteiger partial charge in [-0.15, -0.1) is 10.2 Å². The van der Waals surface area contributed by atoms with Crippen molar-refractivity contribution in [2.24, 2.45) is 0 Å². The van der Waals surface area contributed by atoms with E-state index < -0.39 is 0 Å². The summed E-state index contributed by atoms with van der Waals surface area (Å²) in [6.07, 6.45) is 0. The number of carbonyl (C=O) groups is 1. The van der Waals surface area contributed by atoms with Gasteiger partial charge in [-0.1, -0.05) is 54.6 Å². The normalized spacial score (nSPS) is 14.1. The van der Waals surface area contributed by atoms with Crippen molar-refractivity contribution in [3.8, 4) is 22.4 Å². The molecular weight excluding hydrogens is 422 g/mol. The van der Waals surface area contributed by atoms with E-state index in [0.717, 1.165) is 60.1 Å². The van der Waals surface area contributed by atoms with Gasteiger partial charge in [0, 0.05) is 43.0 Å². The molecule has 0 atom stereocenters. The Labute approximate surface area is 199 Å². The Balaban J connectivity index is 1.26. The standard InChI is InChI=1S/C28H27N5O/c1-32-16-18-33(19-17-32)27-15-14-26(30-31-27)24-8-5-9-25(20-24)29-28(34)23-12-10-22(11-13-23)21-6-3-2-4-7-21/h2-15,20H,16-19H2,1H3,(H,29,34). The summed E-state index contributed by atoms with van der Waals surface area (Å²) in [6, 6.07) is 29.5. The molecule has 170 valence electrons. The van der Waals surface area contributed by atoms with Crippen LogP contribution >= 0.6 is 0 Å². The number of aromatic nitrogens is 2. The van der Waals surface area contributed by atoms with Crippen LogP contribution in [0.5, 0.6) is 0 Å². The van der Waals surface area contributed by atoms with E-state index in [1.807, 2.05) is 78.9 Å². The Morgan fingerprint density at radius 3 is 2.15 bits per heavy atom. The van der Waals surface area contributed by atoms with Crippen LogP contribution in [-0.2, 0) is 0 Å². The third kappa shape index (κ3) is 4.97. The Kier molecular flexibility index (Phi) is 6.31. The Bertz CT molecular complexity index is 1250. The average molecular weight is 450 g/mol. The van der Waals surface area contributed by atoms with Crippen LogP contribution in [0.3, 0.4) is 0 Å². The van der Waals surface area contributed by atoms with E-state index in [9.17, 15) is 4.79 Å². The lowest BCUT2D eigenvalue weighted by atomic mass is 10.0. The lowest BCUT2D eigenvalue weighted by molar-refractivity contribution is 0.102. The lowest BCUT2D eigenvalue weighted by Gasteiger charge is -2.32. The minimum Gasteiger partial charge on any atom is -0.353 e. The highest BCUT2D eigenvalue weighted by Crippen LogP contribution is 2.23. The van der Waals surface area contributed by atoms with Crippen molar-refractivity contribution in [3.63, 3.8) is 0 Å². The molecule has 0 radical (unpaired) electrons. The maximum Gasteiger partial charge on any atom is 0.255 e. The second kappa shape index (κ2) is 9.85. The molecule has 0 unspecified atom stereocenters. The zero-order valence-electron chi connectivity index (χ0n) is 19.2. The topological polar surface area (TPSA) is 61.4 Å². The van der Waals surface area contributed by atoms with Gasteiger partial charge < -0.3 is 15.1 Å². The zero-order valence-corrected chi connectivity index (χ0v) is 19.2. The molecule has 6 heteroatoms. The van der Waals surface area contributed by atoms with Crippen LogP contribution in [-0.4, -0.2) is 54.2 Å². The van der Waals surface area contributed by atoms with Gasteiger partial charge >= 0.3 is 0 Å². The lowest BCUT2D eigenvalue weighted by Crippen LogP contribution is -2.44. The van der Waals surface area contributed by atoms with Crippen LogP contribution < -0.4 is 10.2 Å². The number of amides is 1. The highest BCUT2D eigenvalue weighted by molar-refractivity contribution is 6.04. The number of nitrogens with one attached hydrogen (secondary N) is 1. The minimum absolute atomic E-state index is 0.145. The predicted molar refractivity (Wildman–Crippen MR) is 137 cm³/mol. The van der Waals surface area contributed by atoms with Crippen LogP contribution in [0.25, 0.3) is 22.4 Å². The minimum atomic E-state index is -0.145. The molecule has 6 nitrogen and oxygen atoms in total. The molecule has 0 bridgehead atoms. The summed E-state index contributed by atoms with van der Waals surface area (Å²) in [6.45, 7) is 3.97. The van der Waals surface area contributed by atoms with Crippen molar-refractivity contribution in [2.45, 2.75) is 0 Å². The van der Waals surface area contributed by atoms with Gasteiger partial charge in [-0.3, -0.25) is 4.79 Å². The van der Waals surface area contributed by atoms with Crippen molar-refractivity contribution >= 4 is 17.4 Å². The first-order valence-electron chi connectivity index (χ1n) is 11.5. The van der Waals surface area contributed by atoms with Crippen molar-refractivity contribution in [3.05, 3.63) is 96.6 Å². The fourth-order valence-electron chi connectivity index (χ4n) is 4.09. The summed E-state index contributed by atoms with van der Waals surface area (Å²) in [4.78, 5) is 17.4. The molecule has 1 aliphatic rings. The van der Waals surface area contributed by atoms with Gasteiger partial charge in [0.2, 0.25) is 0 Å². The summed E-state index contributed by atoms with van der Waals surface area (Å²) >= 11 is 0. The SMILES string of the molecule is CN1CCN(c2ccc(-c3cccc(NC(=O)c4ccc(-c5ccccc5)cc4)c3)nn2)CC1. The Morgan fingerprint density at radius 1 is 0.735 bits per heavy atom. The molecule has 2 heterocycles. The van der Waals surface area contributed by atoms with E-state index >= 15 is 0 Å². The van der Waals surface area contributed by atoms with Gasteiger partial charge in [-0.25, -0.2) is 0 Å².